The third-order valence-electron chi connectivity index (χ3n) is 3.62. The standard InChI is InChI=1S/C18H23NO2/c1-4-19(16-8-6-5-7-9-16)13-12-15-10-11-17(20-2)18(14-15)21-3/h5-11,14H,4,12-13H2,1-3H3. The lowest BCUT2D eigenvalue weighted by molar-refractivity contribution is 0.354. The van der Waals surface area contributed by atoms with Crippen molar-refractivity contribution in [2.75, 3.05) is 32.2 Å². The fourth-order valence-corrected chi connectivity index (χ4v) is 2.41. The molecular weight excluding hydrogens is 262 g/mol. The fourth-order valence-electron chi connectivity index (χ4n) is 2.41. The summed E-state index contributed by atoms with van der Waals surface area (Å²) in [6, 6.07) is 16.6. The molecule has 0 unspecified atom stereocenters. The molecule has 0 saturated carbocycles. The van der Waals surface area contributed by atoms with E-state index < -0.39 is 0 Å². The second-order valence-corrected chi connectivity index (χ2v) is 4.85. The third-order valence-corrected chi connectivity index (χ3v) is 3.62. The van der Waals surface area contributed by atoms with E-state index in [0.717, 1.165) is 31.0 Å². The molecule has 2 rings (SSSR count). The molecule has 21 heavy (non-hydrogen) atoms. The first-order valence-corrected chi connectivity index (χ1v) is 7.29. The summed E-state index contributed by atoms with van der Waals surface area (Å²) in [7, 11) is 3.33. The molecule has 0 heterocycles. The van der Waals surface area contributed by atoms with Crippen LogP contribution in [0.25, 0.3) is 0 Å². The van der Waals surface area contributed by atoms with E-state index in [4.69, 9.17) is 9.47 Å². The van der Waals surface area contributed by atoms with Gasteiger partial charge in [-0.3, -0.25) is 0 Å². The summed E-state index contributed by atoms with van der Waals surface area (Å²) in [5, 5.41) is 0. The van der Waals surface area contributed by atoms with E-state index in [0.29, 0.717) is 0 Å². The van der Waals surface area contributed by atoms with Gasteiger partial charge in [0.15, 0.2) is 11.5 Å². The van der Waals surface area contributed by atoms with Crippen molar-refractivity contribution in [2.24, 2.45) is 0 Å². The van der Waals surface area contributed by atoms with Crippen molar-refractivity contribution in [3.63, 3.8) is 0 Å². The Kier molecular flexibility index (Phi) is 5.50. The summed E-state index contributed by atoms with van der Waals surface area (Å²) in [5.41, 5.74) is 2.52. The minimum Gasteiger partial charge on any atom is -0.493 e. The van der Waals surface area contributed by atoms with Gasteiger partial charge < -0.3 is 14.4 Å². The quantitative estimate of drug-likeness (QED) is 0.773. The molecule has 0 spiro atoms. The number of hydrogen-bond donors (Lipinski definition) is 0. The number of benzene rings is 2. The number of likely N-dealkylation sites (N-methyl/N-ethyl adjacent to an activating group) is 1. The van der Waals surface area contributed by atoms with E-state index in [1.165, 1.54) is 11.3 Å². The number of para-hydroxylation sites is 1. The summed E-state index contributed by atoms with van der Waals surface area (Å²) in [6.07, 6.45) is 0.975. The normalized spacial score (nSPS) is 10.2. The maximum Gasteiger partial charge on any atom is 0.160 e. The SMILES string of the molecule is CCN(CCc1ccc(OC)c(OC)c1)c1ccccc1. The first-order chi connectivity index (χ1) is 10.3. The minimum absolute atomic E-state index is 0.775. The fraction of sp³-hybridized carbons (Fsp3) is 0.333. The van der Waals surface area contributed by atoms with Crippen LogP contribution in [0.4, 0.5) is 5.69 Å². The molecule has 3 heteroatoms. The molecule has 0 fully saturated rings. The largest absolute Gasteiger partial charge is 0.493 e. The lowest BCUT2D eigenvalue weighted by Crippen LogP contribution is -2.25. The molecule has 0 aliphatic rings. The van der Waals surface area contributed by atoms with Crippen LogP contribution in [-0.2, 0) is 6.42 Å². The Bertz CT molecular complexity index is 554. The van der Waals surface area contributed by atoms with Crippen molar-refractivity contribution in [1.29, 1.82) is 0 Å². The Morgan fingerprint density at radius 1 is 0.905 bits per heavy atom. The zero-order valence-electron chi connectivity index (χ0n) is 13.0. The number of methoxy groups -OCH3 is 2. The molecular formula is C18H23NO2. The van der Waals surface area contributed by atoms with Gasteiger partial charge in [0.25, 0.3) is 0 Å². The zero-order valence-corrected chi connectivity index (χ0v) is 13.0. The molecule has 2 aromatic carbocycles. The highest BCUT2D eigenvalue weighted by Crippen LogP contribution is 2.27. The number of rotatable bonds is 7. The molecule has 0 bridgehead atoms. The average molecular weight is 285 g/mol. The second-order valence-electron chi connectivity index (χ2n) is 4.85. The number of hydrogen-bond acceptors (Lipinski definition) is 3. The van der Waals surface area contributed by atoms with E-state index >= 15 is 0 Å². The van der Waals surface area contributed by atoms with E-state index in [-0.39, 0.29) is 0 Å². The third kappa shape index (κ3) is 3.91. The van der Waals surface area contributed by atoms with Gasteiger partial charge in [-0.1, -0.05) is 24.3 Å². The Hall–Kier alpha value is -2.16. The average Bonchev–Trinajstić information content (AvgIpc) is 2.56. The van der Waals surface area contributed by atoms with E-state index in [1.54, 1.807) is 14.2 Å². The van der Waals surface area contributed by atoms with Crippen LogP contribution in [0.5, 0.6) is 11.5 Å². The number of ether oxygens (including phenoxy) is 2. The van der Waals surface area contributed by atoms with Gasteiger partial charge in [-0.05, 0) is 43.2 Å². The van der Waals surface area contributed by atoms with Crippen molar-refractivity contribution in [1.82, 2.24) is 0 Å². The Morgan fingerprint density at radius 3 is 2.24 bits per heavy atom. The maximum atomic E-state index is 5.36. The molecule has 3 nitrogen and oxygen atoms in total. The summed E-state index contributed by atoms with van der Waals surface area (Å²) in [4.78, 5) is 2.37. The van der Waals surface area contributed by atoms with Crippen LogP contribution >= 0.6 is 0 Å². The topological polar surface area (TPSA) is 21.7 Å². The highest BCUT2D eigenvalue weighted by atomic mass is 16.5. The van der Waals surface area contributed by atoms with Crippen LogP contribution in [0.2, 0.25) is 0 Å². The molecule has 0 aromatic heterocycles. The van der Waals surface area contributed by atoms with Crippen LogP contribution in [0, 0.1) is 0 Å². The van der Waals surface area contributed by atoms with Crippen LogP contribution in [0.1, 0.15) is 12.5 Å². The summed E-state index contributed by atoms with van der Waals surface area (Å²) in [6.45, 7) is 4.16. The van der Waals surface area contributed by atoms with Crippen molar-refractivity contribution >= 4 is 5.69 Å². The first kappa shape index (κ1) is 15.2. The number of nitrogens with zero attached hydrogens (tertiary/aromatic N) is 1. The monoisotopic (exact) mass is 285 g/mol. The summed E-state index contributed by atoms with van der Waals surface area (Å²) in [5.74, 6) is 1.56. The van der Waals surface area contributed by atoms with Gasteiger partial charge in [0.1, 0.15) is 0 Å². The molecule has 0 aliphatic carbocycles. The Balaban J connectivity index is 2.05. The van der Waals surface area contributed by atoms with Crippen LogP contribution in [-0.4, -0.2) is 27.3 Å². The molecule has 0 saturated heterocycles. The van der Waals surface area contributed by atoms with Gasteiger partial charge in [0.2, 0.25) is 0 Å². The Morgan fingerprint density at radius 2 is 1.62 bits per heavy atom. The predicted molar refractivity (Wildman–Crippen MR) is 87.6 cm³/mol. The van der Waals surface area contributed by atoms with Crippen molar-refractivity contribution < 1.29 is 9.47 Å². The molecule has 112 valence electrons. The van der Waals surface area contributed by atoms with Gasteiger partial charge in [-0.25, -0.2) is 0 Å². The van der Waals surface area contributed by atoms with Crippen molar-refractivity contribution in [2.45, 2.75) is 13.3 Å². The maximum absolute atomic E-state index is 5.36. The van der Waals surface area contributed by atoms with Crippen LogP contribution in [0.15, 0.2) is 48.5 Å². The highest BCUT2D eigenvalue weighted by Gasteiger charge is 2.07. The molecule has 0 N–H and O–H groups in total. The van der Waals surface area contributed by atoms with Gasteiger partial charge in [0, 0.05) is 18.8 Å². The molecule has 0 radical (unpaired) electrons. The number of anilines is 1. The summed E-state index contributed by atoms with van der Waals surface area (Å²) < 4.78 is 10.6. The highest BCUT2D eigenvalue weighted by molar-refractivity contribution is 5.47. The lowest BCUT2D eigenvalue weighted by atomic mass is 10.1. The molecule has 2 aromatic rings. The Labute approximate surface area is 127 Å². The van der Waals surface area contributed by atoms with Gasteiger partial charge in [0.05, 0.1) is 14.2 Å². The molecule has 0 atom stereocenters. The molecule has 0 amide bonds. The minimum atomic E-state index is 0.775. The van der Waals surface area contributed by atoms with E-state index in [1.807, 2.05) is 12.1 Å². The van der Waals surface area contributed by atoms with Gasteiger partial charge in [-0.2, -0.15) is 0 Å². The van der Waals surface area contributed by atoms with Crippen LogP contribution in [0.3, 0.4) is 0 Å². The summed E-state index contributed by atoms with van der Waals surface area (Å²) >= 11 is 0. The van der Waals surface area contributed by atoms with Gasteiger partial charge in [-0.15, -0.1) is 0 Å². The lowest BCUT2D eigenvalue weighted by Gasteiger charge is -2.23. The van der Waals surface area contributed by atoms with Crippen molar-refractivity contribution in [3.8, 4) is 11.5 Å². The van der Waals surface area contributed by atoms with Gasteiger partial charge >= 0.3 is 0 Å². The smallest absolute Gasteiger partial charge is 0.160 e. The van der Waals surface area contributed by atoms with E-state index in [2.05, 4.69) is 48.2 Å². The second kappa shape index (κ2) is 7.58. The van der Waals surface area contributed by atoms with E-state index in [9.17, 15) is 0 Å². The molecule has 0 aliphatic heterocycles. The van der Waals surface area contributed by atoms with Crippen LogP contribution < -0.4 is 14.4 Å². The zero-order chi connectivity index (χ0) is 15.1. The van der Waals surface area contributed by atoms with Crippen molar-refractivity contribution in [3.05, 3.63) is 54.1 Å². The predicted octanol–water partition coefficient (Wildman–Crippen LogP) is 3.77. The first-order valence-electron chi connectivity index (χ1n) is 7.29.